The number of likely N-dealkylation sites (N-methyl/N-ethyl adjacent to an activating group) is 1. The fourth-order valence-electron chi connectivity index (χ4n) is 1.44. The third kappa shape index (κ3) is 2.73. The molecule has 1 fully saturated rings. The van der Waals surface area contributed by atoms with E-state index in [1.807, 2.05) is 0 Å². The third-order valence-electron chi connectivity index (χ3n) is 2.60. The lowest BCUT2D eigenvalue weighted by Crippen LogP contribution is -2.46. The largest absolute Gasteiger partial charge is 0.315 e. The van der Waals surface area contributed by atoms with Gasteiger partial charge in [-0.25, -0.2) is 5.32 Å². The Labute approximate surface area is 75.5 Å². The maximum Gasteiger partial charge on any atom is 0.0523 e. The standard InChI is InChI=1S/C9H20N3/c1-8(12(2)3)9-7-10-5-4-6-11-9/h8-10H,4-7H2,1-3H3. The second-order valence-corrected chi connectivity index (χ2v) is 3.74. The molecule has 3 nitrogen and oxygen atoms in total. The number of hydrogen-bond donors (Lipinski definition) is 1. The van der Waals surface area contributed by atoms with Gasteiger partial charge in [0.2, 0.25) is 0 Å². The van der Waals surface area contributed by atoms with Crippen molar-refractivity contribution >= 4 is 0 Å². The van der Waals surface area contributed by atoms with E-state index in [0.29, 0.717) is 12.1 Å². The molecule has 71 valence electrons. The average Bonchev–Trinajstić information content (AvgIpc) is 2.30. The lowest BCUT2D eigenvalue weighted by atomic mass is 10.1. The van der Waals surface area contributed by atoms with Crippen LogP contribution >= 0.6 is 0 Å². The molecule has 1 N–H and O–H groups in total. The molecule has 0 aromatic rings. The first-order chi connectivity index (χ1) is 5.72. The van der Waals surface area contributed by atoms with Crippen LogP contribution in [0.2, 0.25) is 0 Å². The van der Waals surface area contributed by atoms with Crippen LogP contribution in [0.5, 0.6) is 0 Å². The summed E-state index contributed by atoms with van der Waals surface area (Å²) < 4.78 is 0. The summed E-state index contributed by atoms with van der Waals surface area (Å²) in [6, 6.07) is 1.03. The van der Waals surface area contributed by atoms with Gasteiger partial charge in [0, 0.05) is 19.1 Å². The first kappa shape index (κ1) is 9.96. The van der Waals surface area contributed by atoms with Crippen molar-refractivity contribution in [2.24, 2.45) is 0 Å². The Morgan fingerprint density at radius 1 is 1.50 bits per heavy atom. The summed E-state index contributed by atoms with van der Waals surface area (Å²) in [6.45, 7) is 5.43. The summed E-state index contributed by atoms with van der Waals surface area (Å²) in [7, 11) is 4.23. The van der Waals surface area contributed by atoms with Crippen molar-refractivity contribution in [2.75, 3.05) is 33.7 Å². The van der Waals surface area contributed by atoms with Crippen molar-refractivity contribution in [3.05, 3.63) is 0 Å². The Morgan fingerprint density at radius 3 is 2.92 bits per heavy atom. The molecule has 1 heterocycles. The van der Waals surface area contributed by atoms with E-state index < -0.39 is 0 Å². The van der Waals surface area contributed by atoms with Crippen molar-refractivity contribution in [2.45, 2.75) is 25.4 Å². The van der Waals surface area contributed by atoms with Crippen LogP contribution in [0.3, 0.4) is 0 Å². The quantitative estimate of drug-likeness (QED) is 0.627. The number of nitrogens with zero attached hydrogens (tertiary/aromatic N) is 2. The predicted molar refractivity (Wildman–Crippen MR) is 51.4 cm³/mol. The topological polar surface area (TPSA) is 29.4 Å². The summed E-state index contributed by atoms with van der Waals surface area (Å²) in [6.07, 6.45) is 1.19. The molecule has 0 bridgehead atoms. The molecule has 1 radical (unpaired) electrons. The Hall–Kier alpha value is -0.120. The van der Waals surface area contributed by atoms with Crippen LogP contribution in [-0.4, -0.2) is 50.7 Å². The molecular weight excluding hydrogens is 150 g/mol. The van der Waals surface area contributed by atoms with Gasteiger partial charge in [0.05, 0.1) is 6.04 Å². The lowest BCUT2D eigenvalue weighted by molar-refractivity contribution is 0.245. The summed E-state index contributed by atoms with van der Waals surface area (Å²) in [4.78, 5) is 2.24. The molecule has 0 aromatic carbocycles. The molecular formula is C9H20N3. The van der Waals surface area contributed by atoms with Gasteiger partial charge >= 0.3 is 0 Å². The maximum atomic E-state index is 4.64. The van der Waals surface area contributed by atoms with Gasteiger partial charge in [0.25, 0.3) is 0 Å². The first-order valence-electron chi connectivity index (χ1n) is 4.75. The van der Waals surface area contributed by atoms with Crippen LogP contribution in [0.1, 0.15) is 13.3 Å². The van der Waals surface area contributed by atoms with E-state index in [4.69, 9.17) is 0 Å². The van der Waals surface area contributed by atoms with Crippen molar-refractivity contribution in [1.82, 2.24) is 15.5 Å². The van der Waals surface area contributed by atoms with Crippen LogP contribution < -0.4 is 10.6 Å². The van der Waals surface area contributed by atoms with E-state index >= 15 is 0 Å². The van der Waals surface area contributed by atoms with E-state index in [-0.39, 0.29) is 0 Å². The van der Waals surface area contributed by atoms with Gasteiger partial charge in [-0.2, -0.15) is 0 Å². The molecule has 0 amide bonds. The second kappa shape index (κ2) is 4.80. The number of nitrogens with one attached hydrogen (secondary N) is 1. The van der Waals surface area contributed by atoms with Gasteiger partial charge in [-0.15, -0.1) is 0 Å². The molecule has 0 spiro atoms. The number of hydrogen-bond acceptors (Lipinski definition) is 2. The van der Waals surface area contributed by atoms with Gasteiger partial charge in [-0.3, -0.25) is 0 Å². The fraction of sp³-hybridized carbons (Fsp3) is 1.00. The molecule has 0 aromatic heterocycles. The zero-order valence-corrected chi connectivity index (χ0v) is 8.38. The Balaban J connectivity index is 2.37. The fourth-order valence-corrected chi connectivity index (χ4v) is 1.44. The molecule has 1 aliphatic heterocycles. The summed E-state index contributed by atoms with van der Waals surface area (Å²) in [5, 5.41) is 8.05. The molecule has 2 unspecified atom stereocenters. The molecule has 1 rings (SSSR count). The number of rotatable bonds is 2. The van der Waals surface area contributed by atoms with Gasteiger partial charge in [-0.1, -0.05) is 0 Å². The van der Waals surface area contributed by atoms with E-state index in [1.165, 1.54) is 6.42 Å². The van der Waals surface area contributed by atoms with Crippen molar-refractivity contribution in [3.63, 3.8) is 0 Å². The lowest BCUT2D eigenvalue weighted by Gasteiger charge is -2.27. The van der Waals surface area contributed by atoms with Crippen LogP contribution in [0.15, 0.2) is 0 Å². The maximum absolute atomic E-state index is 4.64. The van der Waals surface area contributed by atoms with Gasteiger partial charge in [0.15, 0.2) is 0 Å². The van der Waals surface area contributed by atoms with E-state index in [0.717, 1.165) is 19.6 Å². The Kier molecular flexibility index (Phi) is 3.98. The highest BCUT2D eigenvalue weighted by Crippen LogP contribution is 2.02. The zero-order valence-electron chi connectivity index (χ0n) is 8.38. The first-order valence-corrected chi connectivity index (χ1v) is 4.75. The van der Waals surface area contributed by atoms with Crippen LogP contribution in [0.4, 0.5) is 0 Å². The SMILES string of the molecule is CC(C1CNCCC[N]1)N(C)C. The monoisotopic (exact) mass is 170 g/mol. The van der Waals surface area contributed by atoms with Crippen LogP contribution in [0.25, 0.3) is 0 Å². The zero-order chi connectivity index (χ0) is 8.97. The minimum atomic E-state index is 0.475. The molecule has 0 saturated carbocycles. The third-order valence-corrected chi connectivity index (χ3v) is 2.60. The van der Waals surface area contributed by atoms with Crippen LogP contribution in [0, 0.1) is 0 Å². The molecule has 2 atom stereocenters. The Bertz CT molecular complexity index is 117. The van der Waals surface area contributed by atoms with Gasteiger partial charge in [-0.05, 0) is 34.0 Å². The molecule has 0 aliphatic carbocycles. The van der Waals surface area contributed by atoms with Crippen molar-refractivity contribution in [3.8, 4) is 0 Å². The summed E-state index contributed by atoms with van der Waals surface area (Å²) >= 11 is 0. The highest BCUT2D eigenvalue weighted by Gasteiger charge is 2.20. The second-order valence-electron chi connectivity index (χ2n) is 3.74. The van der Waals surface area contributed by atoms with E-state index in [9.17, 15) is 0 Å². The summed E-state index contributed by atoms with van der Waals surface area (Å²) in [5.74, 6) is 0. The van der Waals surface area contributed by atoms with Gasteiger partial charge < -0.3 is 10.2 Å². The van der Waals surface area contributed by atoms with E-state index in [1.54, 1.807) is 0 Å². The van der Waals surface area contributed by atoms with Crippen molar-refractivity contribution < 1.29 is 0 Å². The Morgan fingerprint density at radius 2 is 2.25 bits per heavy atom. The molecule has 3 heteroatoms. The minimum absolute atomic E-state index is 0.475. The predicted octanol–water partition coefficient (Wildman–Crippen LogP) is -0.0972. The smallest absolute Gasteiger partial charge is 0.0523 e. The average molecular weight is 170 g/mol. The molecule has 1 aliphatic rings. The van der Waals surface area contributed by atoms with Crippen LogP contribution in [-0.2, 0) is 0 Å². The highest BCUT2D eigenvalue weighted by atomic mass is 15.2. The minimum Gasteiger partial charge on any atom is -0.315 e. The molecule has 12 heavy (non-hydrogen) atoms. The summed E-state index contributed by atoms with van der Waals surface area (Å²) in [5.41, 5.74) is 0. The van der Waals surface area contributed by atoms with E-state index in [2.05, 4.69) is 36.6 Å². The molecule has 1 saturated heterocycles. The van der Waals surface area contributed by atoms with Crippen molar-refractivity contribution in [1.29, 1.82) is 0 Å². The van der Waals surface area contributed by atoms with Gasteiger partial charge in [0.1, 0.15) is 0 Å². The highest BCUT2D eigenvalue weighted by molar-refractivity contribution is 4.82. The normalized spacial score (nSPS) is 28.5.